The maximum atomic E-state index is 12.3. The second kappa shape index (κ2) is 10.1. The summed E-state index contributed by atoms with van der Waals surface area (Å²) in [5.74, 6) is -4.89. The molecule has 36 heavy (non-hydrogen) atoms. The van der Waals surface area contributed by atoms with Crippen molar-refractivity contribution in [3.05, 3.63) is 59.9 Å². The Balaban J connectivity index is 0.000000454. The summed E-state index contributed by atoms with van der Waals surface area (Å²) < 4.78 is 68.8. The second-order valence-corrected chi connectivity index (χ2v) is 7.34. The lowest BCUT2D eigenvalue weighted by Gasteiger charge is -2.11. The highest BCUT2D eigenvalue weighted by Gasteiger charge is 2.39. The van der Waals surface area contributed by atoms with Crippen LogP contribution in [0.2, 0.25) is 0 Å². The number of aromatic amines is 1. The molecule has 1 aliphatic rings. The SMILES string of the molecule is O=C(O)C(F)(F)F.O=C1NCCc2[nH]c(-c3ccnc(-c4ccc(NC(=O)C(F)(F)F)cc4)c3)cc21. The van der Waals surface area contributed by atoms with Crippen molar-refractivity contribution >= 4 is 23.5 Å². The van der Waals surface area contributed by atoms with Crippen LogP contribution in [0.15, 0.2) is 48.7 Å². The van der Waals surface area contributed by atoms with E-state index in [1.165, 1.54) is 12.1 Å². The molecule has 4 rings (SSSR count). The molecule has 14 heteroatoms. The van der Waals surface area contributed by atoms with Crippen molar-refractivity contribution in [2.45, 2.75) is 18.8 Å². The number of alkyl halides is 6. The monoisotopic (exact) mass is 514 g/mol. The number of anilines is 1. The standard InChI is InChI=1S/C20H15F3N4O2.C2HF3O2/c21-20(22,23)19(29)26-13-3-1-11(2-4-13)16-9-12(5-7-24-16)17-10-14-15(27-17)6-8-25-18(14)28;3-2(4,5)1(6)7/h1-5,7,9-10,27H,6,8H2,(H,25,28)(H,26,29);(H,6,7). The second-order valence-electron chi connectivity index (χ2n) is 7.34. The number of hydrogen-bond acceptors (Lipinski definition) is 4. The fourth-order valence-corrected chi connectivity index (χ4v) is 3.13. The van der Waals surface area contributed by atoms with E-state index in [2.05, 4.69) is 15.3 Å². The van der Waals surface area contributed by atoms with Gasteiger partial charge in [0.05, 0.1) is 11.3 Å². The van der Waals surface area contributed by atoms with Gasteiger partial charge in [-0.25, -0.2) is 4.79 Å². The Morgan fingerprint density at radius 2 is 1.58 bits per heavy atom. The van der Waals surface area contributed by atoms with E-state index in [1.807, 2.05) is 6.07 Å². The van der Waals surface area contributed by atoms with Crippen LogP contribution in [0.5, 0.6) is 0 Å². The van der Waals surface area contributed by atoms with Crippen molar-refractivity contribution < 1.29 is 45.8 Å². The van der Waals surface area contributed by atoms with Gasteiger partial charge in [-0.3, -0.25) is 14.6 Å². The molecule has 0 fully saturated rings. The summed E-state index contributed by atoms with van der Waals surface area (Å²) in [7, 11) is 0. The normalized spacial score (nSPS) is 13.1. The lowest BCUT2D eigenvalue weighted by Crippen LogP contribution is -2.31. The molecule has 2 aromatic heterocycles. The highest BCUT2D eigenvalue weighted by molar-refractivity contribution is 5.98. The van der Waals surface area contributed by atoms with Gasteiger partial charge < -0.3 is 20.7 Å². The zero-order valence-electron chi connectivity index (χ0n) is 17.9. The van der Waals surface area contributed by atoms with Crippen LogP contribution in [-0.2, 0) is 16.0 Å². The fourth-order valence-electron chi connectivity index (χ4n) is 3.13. The molecular formula is C22H16F6N4O4. The number of halogens is 6. The van der Waals surface area contributed by atoms with Crippen LogP contribution in [-0.4, -0.2) is 51.8 Å². The maximum absolute atomic E-state index is 12.3. The van der Waals surface area contributed by atoms with Crippen molar-refractivity contribution in [1.82, 2.24) is 15.3 Å². The third-order valence-corrected chi connectivity index (χ3v) is 4.81. The highest BCUT2D eigenvalue weighted by atomic mass is 19.4. The average molecular weight is 514 g/mol. The Morgan fingerprint density at radius 3 is 2.14 bits per heavy atom. The van der Waals surface area contributed by atoms with Gasteiger partial charge in [0, 0.05) is 47.4 Å². The van der Waals surface area contributed by atoms with Crippen LogP contribution in [0.25, 0.3) is 22.5 Å². The Morgan fingerprint density at radius 1 is 0.944 bits per heavy atom. The molecule has 0 spiro atoms. The lowest BCUT2D eigenvalue weighted by atomic mass is 10.1. The number of H-pyrrole nitrogens is 1. The average Bonchev–Trinajstić information content (AvgIpc) is 3.25. The van der Waals surface area contributed by atoms with Gasteiger partial charge in [0.25, 0.3) is 5.91 Å². The van der Waals surface area contributed by atoms with E-state index in [9.17, 15) is 35.9 Å². The van der Waals surface area contributed by atoms with Crippen LogP contribution in [0.4, 0.5) is 32.0 Å². The number of aromatic nitrogens is 2. The number of carbonyl (C=O) groups is 3. The lowest BCUT2D eigenvalue weighted by molar-refractivity contribution is -0.192. The van der Waals surface area contributed by atoms with Gasteiger partial charge in [-0.2, -0.15) is 26.3 Å². The molecule has 4 N–H and O–H groups in total. The van der Waals surface area contributed by atoms with Crippen molar-refractivity contribution in [2.24, 2.45) is 0 Å². The van der Waals surface area contributed by atoms with Gasteiger partial charge in [-0.1, -0.05) is 12.1 Å². The Kier molecular flexibility index (Phi) is 7.36. The first-order valence-electron chi connectivity index (χ1n) is 10.0. The molecule has 0 atom stereocenters. The van der Waals surface area contributed by atoms with E-state index in [0.29, 0.717) is 23.4 Å². The van der Waals surface area contributed by atoms with Gasteiger partial charge in [-0.15, -0.1) is 0 Å². The molecule has 0 saturated carbocycles. The number of nitrogens with one attached hydrogen (secondary N) is 3. The fraction of sp³-hybridized carbons (Fsp3) is 0.182. The van der Waals surface area contributed by atoms with Crippen LogP contribution >= 0.6 is 0 Å². The first kappa shape index (κ1) is 26.2. The van der Waals surface area contributed by atoms with Gasteiger partial charge in [-0.05, 0) is 30.3 Å². The van der Waals surface area contributed by atoms with Crippen molar-refractivity contribution in [3.63, 3.8) is 0 Å². The molecular weight excluding hydrogens is 498 g/mol. The van der Waals surface area contributed by atoms with Crippen LogP contribution in [0, 0.1) is 0 Å². The van der Waals surface area contributed by atoms with Gasteiger partial charge in [0.2, 0.25) is 0 Å². The van der Waals surface area contributed by atoms with Crippen LogP contribution in [0.3, 0.4) is 0 Å². The van der Waals surface area contributed by atoms with E-state index >= 15 is 0 Å². The molecule has 8 nitrogen and oxygen atoms in total. The highest BCUT2D eigenvalue weighted by Crippen LogP contribution is 2.28. The van der Waals surface area contributed by atoms with Gasteiger partial charge in [0.1, 0.15) is 0 Å². The number of pyridine rings is 1. The third-order valence-electron chi connectivity index (χ3n) is 4.81. The van der Waals surface area contributed by atoms with Crippen molar-refractivity contribution in [1.29, 1.82) is 0 Å². The first-order chi connectivity index (χ1) is 16.8. The number of nitrogens with zero attached hydrogens (tertiary/aromatic N) is 1. The molecule has 1 aromatic carbocycles. The zero-order valence-corrected chi connectivity index (χ0v) is 17.9. The predicted molar refractivity (Wildman–Crippen MR) is 114 cm³/mol. The third kappa shape index (κ3) is 6.40. The number of hydrogen-bond donors (Lipinski definition) is 4. The van der Waals surface area contributed by atoms with E-state index < -0.39 is 24.2 Å². The number of carbonyl (C=O) groups excluding carboxylic acids is 2. The number of carboxylic acid groups (broad SMARTS) is 1. The van der Waals surface area contributed by atoms with Crippen molar-refractivity contribution in [3.8, 4) is 22.5 Å². The number of amides is 2. The van der Waals surface area contributed by atoms with E-state index in [4.69, 9.17) is 9.90 Å². The van der Waals surface area contributed by atoms with E-state index in [-0.39, 0.29) is 11.6 Å². The largest absolute Gasteiger partial charge is 0.490 e. The topological polar surface area (TPSA) is 124 Å². The summed E-state index contributed by atoms with van der Waals surface area (Å²) in [6.45, 7) is 0.588. The molecule has 0 aliphatic carbocycles. The Bertz CT molecular complexity index is 1280. The van der Waals surface area contributed by atoms with Gasteiger partial charge >= 0.3 is 24.2 Å². The van der Waals surface area contributed by atoms with E-state index in [0.717, 1.165) is 23.4 Å². The summed E-state index contributed by atoms with van der Waals surface area (Å²) in [4.78, 5) is 39.4. The van der Waals surface area contributed by atoms with Gasteiger partial charge in [0.15, 0.2) is 0 Å². The smallest absolute Gasteiger partial charge is 0.475 e. The summed E-state index contributed by atoms with van der Waals surface area (Å²) in [6, 6.07) is 11.3. The van der Waals surface area contributed by atoms with E-state index in [1.54, 1.807) is 35.8 Å². The first-order valence-corrected chi connectivity index (χ1v) is 10.0. The Labute approximate surface area is 198 Å². The summed E-state index contributed by atoms with van der Waals surface area (Å²) in [5.41, 5.74) is 4.42. The van der Waals surface area contributed by atoms with Crippen molar-refractivity contribution in [2.75, 3.05) is 11.9 Å². The number of fused-ring (bicyclic) bond motifs is 1. The molecule has 3 heterocycles. The zero-order chi connectivity index (χ0) is 26.7. The quantitative estimate of drug-likeness (QED) is 0.391. The summed E-state index contributed by atoms with van der Waals surface area (Å²) in [5, 5.41) is 11.7. The number of aliphatic carboxylic acids is 1. The molecule has 1 aliphatic heterocycles. The molecule has 0 unspecified atom stereocenters. The molecule has 0 radical (unpaired) electrons. The Hall–Kier alpha value is -4.36. The maximum Gasteiger partial charge on any atom is 0.490 e. The summed E-state index contributed by atoms with van der Waals surface area (Å²) in [6.07, 6.45) is -7.69. The number of carboxylic acids is 1. The van der Waals surface area contributed by atoms with Crippen LogP contribution in [0.1, 0.15) is 16.1 Å². The number of rotatable bonds is 3. The minimum atomic E-state index is -5.08. The minimum absolute atomic E-state index is 0.0373. The molecule has 190 valence electrons. The predicted octanol–water partition coefficient (Wildman–Crippen LogP) is 4.16. The molecule has 0 saturated heterocycles. The number of benzene rings is 1. The molecule has 0 bridgehead atoms. The summed E-state index contributed by atoms with van der Waals surface area (Å²) >= 11 is 0. The molecule has 2 amide bonds. The minimum Gasteiger partial charge on any atom is -0.475 e. The van der Waals surface area contributed by atoms with Crippen LogP contribution < -0.4 is 10.6 Å². The molecule has 3 aromatic rings.